The maximum atomic E-state index is 12.7. The molecule has 0 spiro atoms. The summed E-state index contributed by atoms with van der Waals surface area (Å²) in [7, 11) is 1.51. The van der Waals surface area contributed by atoms with Crippen LogP contribution in [0.5, 0.6) is 0 Å². The van der Waals surface area contributed by atoms with Gasteiger partial charge < -0.3 is 19.8 Å². The number of H-pyrrole nitrogens is 1. The first-order valence-corrected chi connectivity index (χ1v) is 8.53. The molecule has 0 saturated heterocycles. The van der Waals surface area contributed by atoms with Gasteiger partial charge in [-0.15, -0.1) is 0 Å². The van der Waals surface area contributed by atoms with Crippen molar-refractivity contribution in [3.8, 4) is 0 Å². The Morgan fingerprint density at radius 3 is 2.50 bits per heavy atom. The molecule has 8 nitrogen and oxygen atoms in total. The molecule has 1 heterocycles. The van der Waals surface area contributed by atoms with Crippen LogP contribution < -0.4 is 16.2 Å². The Labute approximate surface area is 160 Å². The number of hydrogen-bond acceptors (Lipinski definition) is 5. The molecule has 0 bridgehead atoms. The Kier molecular flexibility index (Phi) is 6.03. The van der Waals surface area contributed by atoms with E-state index in [0.29, 0.717) is 28.9 Å². The molecule has 0 radical (unpaired) electrons. The summed E-state index contributed by atoms with van der Waals surface area (Å²) < 4.78 is 9.75. The SMILES string of the molecule is COCCOC(=O)Nc1cccc(NC(=O)c2cc(=O)[nH]c3ccccc23)c1. The van der Waals surface area contributed by atoms with Crippen LogP contribution in [0.4, 0.5) is 16.2 Å². The fraction of sp³-hybridized carbons (Fsp3) is 0.150. The summed E-state index contributed by atoms with van der Waals surface area (Å²) in [4.78, 5) is 38.9. The Balaban J connectivity index is 1.75. The Morgan fingerprint density at radius 2 is 1.71 bits per heavy atom. The van der Waals surface area contributed by atoms with E-state index in [1.807, 2.05) is 0 Å². The lowest BCUT2D eigenvalue weighted by atomic mass is 10.1. The van der Waals surface area contributed by atoms with E-state index < -0.39 is 12.0 Å². The van der Waals surface area contributed by atoms with Crippen LogP contribution in [-0.2, 0) is 9.47 Å². The first-order valence-electron chi connectivity index (χ1n) is 8.53. The van der Waals surface area contributed by atoms with Crippen LogP contribution in [0.25, 0.3) is 10.9 Å². The zero-order chi connectivity index (χ0) is 19.9. The van der Waals surface area contributed by atoms with Gasteiger partial charge in [-0.1, -0.05) is 24.3 Å². The van der Waals surface area contributed by atoms with Crippen LogP contribution in [0.1, 0.15) is 10.4 Å². The van der Waals surface area contributed by atoms with Crippen LogP contribution >= 0.6 is 0 Å². The Bertz CT molecular complexity index is 1060. The van der Waals surface area contributed by atoms with E-state index in [0.717, 1.165) is 0 Å². The lowest BCUT2D eigenvalue weighted by Crippen LogP contribution is -2.18. The quantitative estimate of drug-likeness (QED) is 0.569. The predicted octanol–water partition coefficient (Wildman–Crippen LogP) is 2.98. The first-order chi connectivity index (χ1) is 13.6. The predicted molar refractivity (Wildman–Crippen MR) is 106 cm³/mol. The third kappa shape index (κ3) is 4.74. The molecule has 2 aromatic carbocycles. The normalized spacial score (nSPS) is 10.5. The second-order valence-corrected chi connectivity index (χ2v) is 5.88. The van der Waals surface area contributed by atoms with Crippen molar-refractivity contribution < 1.29 is 19.1 Å². The molecule has 3 N–H and O–H groups in total. The van der Waals surface area contributed by atoms with E-state index >= 15 is 0 Å². The van der Waals surface area contributed by atoms with E-state index in [9.17, 15) is 14.4 Å². The van der Waals surface area contributed by atoms with Gasteiger partial charge in [0, 0.05) is 35.5 Å². The van der Waals surface area contributed by atoms with Crippen LogP contribution in [0.15, 0.2) is 59.4 Å². The number of aromatic amines is 1. The third-order valence-electron chi connectivity index (χ3n) is 3.88. The molecule has 0 unspecified atom stereocenters. The highest BCUT2D eigenvalue weighted by Crippen LogP contribution is 2.19. The van der Waals surface area contributed by atoms with Gasteiger partial charge in [0.05, 0.1) is 12.2 Å². The lowest BCUT2D eigenvalue weighted by Gasteiger charge is -2.10. The van der Waals surface area contributed by atoms with E-state index in [1.165, 1.54) is 13.2 Å². The molecule has 0 saturated carbocycles. The molecule has 0 fully saturated rings. The van der Waals surface area contributed by atoms with Crippen molar-refractivity contribution in [2.45, 2.75) is 0 Å². The number of carbonyl (C=O) groups excluding carboxylic acids is 2. The summed E-state index contributed by atoms with van der Waals surface area (Å²) in [5, 5.41) is 5.94. The number of ether oxygens (including phenoxy) is 2. The van der Waals surface area contributed by atoms with Crippen LogP contribution in [0, 0.1) is 0 Å². The minimum atomic E-state index is -0.624. The van der Waals surface area contributed by atoms with Gasteiger partial charge in [-0.3, -0.25) is 14.9 Å². The van der Waals surface area contributed by atoms with Crippen molar-refractivity contribution in [3.63, 3.8) is 0 Å². The Hall–Kier alpha value is -3.65. The monoisotopic (exact) mass is 381 g/mol. The van der Waals surface area contributed by atoms with Crippen LogP contribution in [0.2, 0.25) is 0 Å². The summed E-state index contributed by atoms with van der Waals surface area (Å²) in [6.45, 7) is 0.433. The van der Waals surface area contributed by atoms with Crippen molar-refractivity contribution in [2.24, 2.45) is 0 Å². The minimum Gasteiger partial charge on any atom is -0.447 e. The minimum absolute atomic E-state index is 0.133. The number of para-hydroxylation sites is 1. The molecule has 0 aliphatic heterocycles. The largest absolute Gasteiger partial charge is 0.447 e. The van der Waals surface area contributed by atoms with Gasteiger partial charge in [0.15, 0.2) is 0 Å². The zero-order valence-corrected chi connectivity index (χ0v) is 15.2. The highest BCUT2D eigenvalue weighted by atomic mass is 16.6. The fourth-order valence-corrected chi connectivity index (χ4v) is 2.64. The molecule has 3 aromatic rings. The van der Waals surface area contributed by atoms with E-state index in [-0.39, 0.29) is 17.7 Å². The van der Waals surface area contributed by atoms with E-state index in [1.54, 1.807) is 48.5 Å². The Morgan fingerprint density at radius 1 is 0.964 bits per heavy atom. The van der Waals surface area contributed by atoms with Gasteiger partial charge >= 0.3 is 6.09 Å². The summed E-state index contributed by atoms with van der Waals surface area (Å²) in [5.74, 6) is -0.429. The maximum Gasteiger partial charge on any atom is 0.411 e. The standard InChI is InChI=1S/C20H19N3O5/c1-27-9-10-28-20(26)22-14-6-4-5-13(11-14)21-19(25)16-12-18(24)23-17-8-3-2-7-15(16)17/h2-8,11-12H,9-10H2,1H3,(H,21,25)(H,22,26)(H,23,24). The third-order valence-corrected chi connectivity index (χ3v) is 3.88. The molecule has 0 atom stereocenters. The average molecular weight is 381 g/mol. The van der Waals surface area contributed by atoms with Crippen molar-refractivity contribution in [1.29, 1.82) is 0 Å². The molecule has 144 valence electrons. The van der Waals surface area contributed by atoms with Crippen LogP contribution in [0.3, 0.4) is 0 Å². The number of pyridine rings is 1. The number of anilines is 2. The van der Waals surface area contributed by atoms with Crippen molar-refractivity contribution in [3.05, 3.63) is 70.5 Å². The molecule has 3 rings (SSSR count). The number of carbonyl (C=O) groups is 2. The molecule has 0 aliphatic carbocycles. The highest BCUT2D eigenvalue weighted by molar-refractivity contribution is 6.12. The number of methoxy groups -OCH3 is 1. The molecule has 0 aliphatic rings. The molecular formula is C20H19N3O5. The molecular weight excluding hydrogens is 362 g/mol. The smallest absolute Gasteiger partial charge is 0.411 e. The van der Waals surface area contributed by atoms with E-state index in [4.69, 9.17) is 9.47 Å². The van der Waals surface area contributed by atoms with Gasteiger partial charge in [-0.05, 0) is 24.3 Å². The maximum absolute atomic E-state index is 12.7. The number of benzene rings is 2. The number of rotatable bonds is 6. The van der Waals surface area contributed by atoms with Gasteiger partial charge in [0.25, 0.3) is 5.91 Å². The molecule has 8 heteroatoms. The van der Waals surface area contributed by atoms with E-state index in [2.05, 4.69) is 15.6 Å². The first kappa shape index (κ1) is 19.1. The second-order valence-electron chi connectivity index (χ2n) is 5.88. The van der Waals surface area contributed by atoms with Crippen molar-refractivity contribution in [2.75, 3.05) is 31.0 Å². The number of nitrogens with one attached hydrogen (secondary N) is 3. The summed E-state index contributed by atoms with van der Waals surface area (Å²) >= 11 is 0. The second kappa shape index (κ2) is 8.83. The zero-order valence-electron chi connectivity index (χ0n) is 15.2. The highest BCUT2D eigenvalue weighted by Gasteiger charge is 2.12. The molecule has 2 amide bonds. The number of aromatic nitrogens is 1. The van der Waals surface area contributed by atoms with Gasteiger partial charge in [0.2, 0.25) is 5.56 Å². The molecule has 1 aromatic heterocycles. The van der Waals surface area contributed by atoms with Crippen molar-refractivity contribution >= 4 is 34.3 Å². The van der Waals surface area contributed by atoms with Gasteiger partial charge in [0.1, 0.15) is 6.61 Å². The number of hydrogen-bond donors (Lipinski definition) is 3. The number of amides is 2. The molecule has 28 heavy (non-hydrogen) atoms. The lowest BCUT2D eigenvalue weighted by molar-refractivity contribution is 0.102. The summed E-state index contributed by atoms with van der Waals surface area (Å²) in [6, 6.07) is 14.9. The van der Waals surface area contributed by atoms with Crippen LogP contribution in [-0.4, -0.2) is 37.3 Å². The topological polar surface area (TPSA) is 110 Å². The summed E-state index contributed by atoms with van der Waals surface area (Å²) in [6.07, 6.45) is -0.624. The average Bonchev–Trinajstić information content (AvgIpc) is 2.67. The van der Waals surface area contributed by atoms with Gasteiger partial charge in [-0.25, -0.2) is 4.79 Å². The van der Waals surface area contributed by atoms with Crippen molar-refractivity contribution in [1.82, 2.24) is 4.98 Å². The van der Waals surface area contributed by atoms with Gasteiger partial charge in [-0.2, -0.15) is 0 Å². The number of fused-ring (bicyclic) bond motifs is 1. The summed E-state index contributed by atoms with van der Waals surface area (Å²) in [5.41, 5.74) is 1.39. The fourth-order valence-electron chi connectivity index (χ4n) is 2.64.